The number of hydrogen-bond acceptors (Lipinski definition) is 4. The summed E-state index contributed by atoms with van der Waals surface area (Å²) in [6, 6.07) is 4.74. The van der Waals surface area contributed by atoms with E-state index < -0.39 is 5.97 Å². The Hall–Kier alpha value is -1.75. The second-order valence-electron chi connectivity index (χ2n) is 4.09. The first-order chi connectivity index (χ1) is 8.49. The number of methoxy groups -OCH3 is 2. The smallest absolute Gasteiger partial charge is 0.335 e. The van der Waals surface area contributed by atoms with Gasteiger partial charge in [0, 0.05) is 13.2 Å². The quantitative estimate of drug-likeness (QED) is 0.813. The van der Waals surface area contributed by atoms with Gasteiger partial charge in [0.25, 0.3) is 0 Å². The van der Waals surface area contributed by atoms with Crippen LogP contribution in [0.3, 0.4) is 0 Å². The maximum absolute atomic E-state index is 10.9. The topological polar surface area (TPSA) is 67.8 Å². The molecule has 2 N–H and O–H groups in total. The van der Waals surface area contributed by atoms with Crippen LogP contribution in [0.25, 0.3) is 0 Å². The third-order valence-corrected chi connectivity index (χ3v) is 2.91. The van der Waals surface area contributed by atoms with E-state index in [1.807, 2.05) is 13.8 Å². The Labute approximate surface area is 107 Å². The molecule has 0 heterocycles. The molecule has 0 saturated carbocycles. The molecule has 2 unspecified atom stereocenters. The van der Waals surface area contributed by atoms with Gasteiger partial charge >= 0.3 is 5.97 Å². The Morgan fingerprint density at radius 3 is 2.50 bits per heavy atom. The first kappa shape index (κ1) is 14.3. The Morgan fingerprint density at radius 1 is 1.33 bits per heavy atom. The van der Waals surface area contributed by atoms with Crippen molar-refractivity contribution in [3.05, 3.63) is 23.8 Å². The molecule has 0 saturated heterocycles. The first-order valence-corrected chi connectivity index (χ1v) is 5.70. The Balaban J connectivity index is 2.97. The van der Waals surface area contributed by atoms with Crippen molar-refractivity contribution in [2.75, 3.05) is 19.5 Å². The lowest BCUT2D eigenvalue weighted by Crippen LogP contribution is -2.29. The highest BCUT2D eigenvalue weighted by atomic mass is 16.5. The SMILES string of the molecule is COc1ccc(C(=O)O)cc1NC(C)C(C)OC. The highest BCUT2D eigenvalue weighted by molar-refractivity contribution is 5.89. The van der Waals surface area contributed by atoms with Gasteiger partial charge in [0.15, 0.2) is 0 Å². The van der Waals surface area contributed by atoms with Gasteiger partial charge in [0.2, 0.25) is 0 Å². The summed E-state index contributed by atoms with van der Waals surface area (Å²) in [4.78, 5) is 10.9. The van der Waals surface area contributed by atoms with Crippen molar-refractivity contribution in [2.24, 2.45) is 0 Å². The summed E-state index contributed by atoms with van der Waals surface area (Å²) in [5.74, 6) is -0.358. The Bertz CT molecular complexity index is 419. The number of nitrogens with one attached hydrogen (secondary N) is 1. The number of aromatic carboxylic acids is 1. The van der Waals surface area contributed by atoms with Crippen LogP contribution in [-0.4, -0.2) is 37.4 Å². The lowest BCUT2D eigenvalue weighted by molar-refractivity contribution is 0.0697. The third kappa shape index (κ3) is 3.37. The zero-order chi connectivity index (χ0) is 13.7. The van der Waals surface area contributed by atoms with Crippen LogP contribution in [0, 0.1) is 0 Å². The van der Waals surface area contributed by atoms with Gasteiger partial charge in [-0.3, -0.25) is 0 Å². The molecule has 5 heteroatoms. The number of carboxylic acid groups (broad SMARTS) is 1. The maximum atomic E-state index is 10.9. The Kier molecular flexibility index (Phi) is 4.97. The normalized spacial score (nSPS) is 13.8. The van der Waals surface area contributed by atoms with Crippen LogP contribution >= 0.6 is 0 Å². The van der Waals surface area contributed by atoms with Crippen molar-refractivity contribution in [1.82, 2.24) is 0 Å². The third-order valence-electron chi connectivity index (χ3n) is 2.91. The molecule has 0 amide bonds. The predicted molar refractivity (Wildman–Crippen MR) is 69.5 cm³/mol. The summed E-state index contributed by atoms with van der Waals surface area (Å²) < 4.78 is 10.4. The van der Waals surface area contributed by atoms with Gasteiger partial charge in [-0.05, 0) is 32.0 Å². The van der Waals surface area contributed by atoms with Gasteiger partial charge in [-0.1, -0.05) is 0 Å². The van der Waals surface area contributed by atoms with Crippen LogP contribution in [0.5, 0.6) is 5.75 Å². The molecular formula is C13H19NO4. The van der Waals surface area contributed by atoms with Crippen LogP contribution in [0.1, 0.15) is 24.2 Å². The van der Waals surface area contributed by atoms with Crippen LogP contribution < -0.4 is 10.1 Å². The zero-order valence-corrected chi connectivity index (χ0v) is 11.1. The van der Waals surface area contributed by atoms with Crippen LogP contribution in [0.2, 0.25) is 0 Å². The monoisotopic (exact) mass is 253 g/mol. The fourth-order valence-electron chi connectivity index (χ4n) is 1.52. The maximum Gasteiger partial charge on any atom is 0.335 e. The number of anilines is 1. The molecular weight excluding hydrogens is 234 g/mol. The molecule has 0 fully saturated rings. The van der Waals surface area contributed by atoms with Gasteiger partial charge in [-0.15, -0.1) is 0 Å². The summed E-state index contributed by atoms with van der Waals surface area (Å²) in [6.45, 7) is 3.90. The molecule has 0 aliphatic heterocycles. The molecule has 2 atom stereocenters. The molecule has 1 aromatic rings. The first-order valence-electron chi connectivity index (χ1n) is 5.70. The lowest BCUT2D eigenvalue weighted by Gasteiger charge is -2.22. The van der Waals surface area contributed by atoms with E-state index in [0.717, 1.165) is 0 Å². The molecule has 0 aliphatic rings. The number of rotatable bonds is 6. The second kappa shape index (κ2) is 6.26. The minimum absolute atomic E-state index is 0.00295. The number of carboxylic acids is 1. The fraction of sp³-hybridized carbons (Fsp3) is 0.462. The van der Waals surface area contributed by atoms with Crippen molar-refractivity contribution < 1.29 is 19.4 Å². The Morgan fingerprint density at radius 2 is 2.00 bits per heavy atom. The molecule has 0 radical (unpaired) electrons. The van der Waals surface area contributed by atoms with Crippen molar-refractivity contribution in [2.45, 2.75) is 26.0 Å². The van der Waals surface area contributed by atoms with Gasteiger partial charge in [0.05, 0.1) is 24.5 Å². The molecule has 0 bridgehead atoms. The molecule has 5 nitrogen and oxygen atoms in total. The van der Waals surface area contributed by atoms with E-state index in [-0.39, 0.29) is 17.7 Å². The predicted octanol–water partition coefficient (Wildman–Crippen LogP) is 2.23. The highest BCUT2D eigenvalue weighted by Crippen LogP contribution is 2.26. The molecule has 100 valence electrons. The summed E-state index contributed by atoms with van der Waals surface area (Å²) in [7, 11) is 3.18. The van der Waals surface area contributed by atoms with Gasteiger partial charge in [-0.25, -0.2) is 4.79 Å². The minimum Gasteiger partial charge on any atom is -0.495 e. The van der Waals surface area contributed by atoms with E-state index in [0.29, 0.717) is 11.4 Å². The van der Waals surface area contributed by atoms with E-state index in [2.05, 4.69) is 5.32 Å². The van der Waals surface area contributed by atoms with Crippen molar-refractivity contribution in [1.29, 1.82) is 0 Å². The molecule has 0 aliphatic carbocycles. The van der Waals surface area contributed by atoms with E-state index in [1.165, 1.54) is 6.07 Å². The average molecular weight is 253 g/mol. The van der Waals surface area contributed by atoms with E-state index in [4.69, 9.17) is 14.6 Å². The molecule has 1 rings (SSSR count). The summed E-state index contributed by atoms with van der Waals surface area (Å²) in [6.07, 6.45) is 0.00295. The van der Waals surface area contributed by atoms with Crippen molar-refractivity contribution in [3.63, 3.8) is 0 Å². The van der Waals surface area contributed by atoms with Crippen molar-refractivity contribution >= 4 is 11.7 Å². The minimum atomic E-state index is -0.965. The second-order valence-corrected chi connectivity index (χ2v) is 4.09. The number of carbonyl (C=O) groups is 1. The summed E-state index contributed by atoms with van der Waals surface area (Å²) in [5.41, 5.74) is 0.865. The van der Waals surface area contributed by atoms with E-state index in [9.17, 15) is 4.79 Å². The lowest BCUT2D eigenvalue weighted by atomic mass is 10.1. The zero-order valence-electron chi connectivity index (χ0n) is 11.1. The summed E-state index contributed by atoms with van der Waals surface area (Å²) in [5, 5.41) is 12.2. The largest absolute Gasteiger partial charge is 0.495 e. The van der Waals surface area contributed by atoms with Gasteiger partial charge in [-0.2, -0.15) is 0 Å². The van der Waals surface area contributed by atoms with Crippen molar-refractivity contribution in [3.8, 4) is 5.75 Å². The fourth-order valence-corrected chi connectivity index (χ4v) is 1.52. The van der Waals surface area contributed by atoms with Crippen LogP contribution in [0.4, 0.5) is 5.69 Å². The molecule has 0 spiro atoms. The summed E-state index contributed by atoms with van der Waals surface area (Å²) >= 11 is 0. The van der Waals surface area contributed by atoms with Gasteiger partial charge < -0.3 is 19.9 Å². The number of hydrogen-bond donors (Lipinski definition) is 2. The molecule has 0 aromatic heterocycles. The van der Waals surface area contributed by atoms with E-state index in [1.54, 1.807) is 26.4 Å². The average Bonchev–Trinajstić information content (AvgIpc) is 2.37. The number of ether oxygens (including phenoxy) is 2. The standard InChI is InChI=1S/C13H19NO4/c1-8(9(2)17-3)14-11-7-10(13(15)16)5-6-12(11)18-4/h5-9,14H,1-4H3,(H,15,16). The van der Waals surface area contributed by atoms with Gasteiger partial charge in [0.1, 0.15) is 5.75 Å². The molecule has 18 heavy (non-hydrogen) atoms. The van der Waals surface area contributed by atoms with E-state index >= 15 is 0 Å². The van der Waals surface area contributed by atoms with Crippen LogP contribution in [0.15, 0.2) is 18.2 Å². The highest BCUT2D eigenvalue weighted by Gasteiger charge is 2.15. The van der Waals surface area contributed by atoms with Crippen LogP contribution in [-0.2, 0) is 4.74 Å². The molecule has 1 aromatic carbocycles. The number of benzene rings is 1.